The minimum absolute atomic E-state index is 0.0856. The van der Waals surface area contributed by atoms with Gasteiger partial charge in [0.25, 0.3) is 0 Å². The summed E-state index contributed by atoms with van der Waals surface area (Å²) in [5.74, 6) is 0.752. The van der Waals surface area contributed by atoms with E-state index in [1.165, 1.54) is 0 Å². The van der Waals surface area contributed by atoms with Crippen LogP contribution in [0, 0.1) is 0 Å². The standard InChI is InChI=1S/C11H11BrClNO2/c1-16-10-3-2-8(13)5-9(10)14-6-7(12)4-11(14)15/h2-3,5,7H,4,6H2,1H3. The minimum atomic E-state index is 0.0856. The zero-order valence-electron chi connectivity index (χ0n) is 8.74. The van der Waals surface area contributed by atoms with Crippen molar-refractivity contribution in [1.29, 1.82) is 0 Å². The van der Waals surface area contributed by atoms with Gasteiger partial charge in [-0.3, -0.25) is 4.79 Å². The van der Waals surface area contributed by atoms with E-state index in [1.807, 2.05) is 0 Å². The van der Waals surface area contributed by atoms with Crippen LogP contribution in [0.25, 0.3) is 0 Å². The molecule has 86 valence electrons. The molecule has 0 spiro atoms. The number of anilines is 1. The second kappa shape index (κ2) is 4.63. The Morgan fingerprint density at radius 3 is 2.88 bits per heavy atom. The SMILES string of the molecule is COc1ccc(Cl)cc1N1CC(Br)CC1=O. The second-order valence-corrected chi connectivity index (χ2v) is 5.35. The zero-order valence-corrected chi connectivity index (χ0v) is 11.1. The van der Waals surface area contributed by atoms with Crippen molar-refractivity contribution in [2.75, 3.05) is 18.6 Å². The molecule has 1 unspecified atom stereocenters. The van der Waals surface area contributed by atoms with E-state index in [9.17, 15) is 4.79 Å². The second-order valence-electron chi connectivity index (χ2n) is 3.62. The van der Waals surface area contributed by atoms with Gasteiger partial charge < -0.3 is 9.64 Å². The summed E-state index contributed by atoms with van der Waals surface area (Å²) in [5.41, 5.74) is 0.738. The van der Waals surface area contributed by atoms with Gasteiger partial charge in [-0.15, -0.1) is 0 Å². The van der Waals surface area contributed by atoms with Crippen LogP contribution in [0.1, 0.15) is 6.42 Å². The average Bonchev–Trinajstić information content (AvgIpc) is 2.57. The summed E-state index contributed by atoms with van der Waals surface area (Å²) in [6, 6.07) is 5.27. The molecule has 0 aliphatic carbocycles. The fourth-order valence-corrected chi connectivity index (χ4v) is 2.50. The summed E-state index contributed by atoms with van der Waals surface area (Å²) in [6.45, 7) is 0.648. The Labute approximate surface area is 107 Å². The third-order valence-electron chi connectivity index (χ3n) is 2.51. The van der Waals surface area contributed by atoms with E-state index < -0.39 is 0 Å². The number of benzene rings is 1. The quantitative estimate of drug-likeness (QED) is 0.786. The van der Waals surface area contributed by atoms with E-state index in [0.717, 1.165) is 5.69 Å². The number of alkyl halides is 1. The van der Waals surface area contributed by atoms with Crippen LogP contribution in [-0.2, 0) is 4.79 Å². The highest BCUT2D eigenvalue weighted by atomic mass is 79.9. The highest BCUT2D eigenvalue weighted by Gasteiger charge is 2.30. The summed E-state index contributed by atoms with van der Waals surface area (Å²) >= 11 is 9.38. The van der Waals surface area contributed by atoms with Crippen molar-refractivity contribution in [1.82, 2.24) is 0 Å². The molecule has 3 nitrogen and oxygen atoms in total. The van der Waals surface area contributed by atoms with E-state index in [4.69, 9.17) is 16.3 Å². The van der Waals surface area contributed by atoms with Gasteiger partial charge in [-0.1, -0.05) is 27.5 Å². The van der Waals surface area contributed by atoms with Crippen LogP contribution in [0.5, 0.6) is 5.75 Å². The summed E-state index contributed by atoms with van der Waals surface area (Å²) in [5, 5.41) is 0.599. The third-order valence-corrected chi connectivity index (χ3v) is 3.36. The molecule has 0 aromatic heterocycles. The fourth-order valence-electron chi connectivity index (χ4n) is 1.77. The van der Waals surface area contributed by atoms with Gasteiger partial charge in [0.15, 0.2) is 0 Å². The van der Waals surface area contributed by atoms with Crippen LogP contribution in [-0.4, -0.2) is 24.4 Å². The summed E-state index contributed by atoms with van der Waals surface area (Å²) in [7, 11) is 1.58. The van der Waals surface area contributed by atoms with Crippen molar-refractivity contribution >= 4 is 39.1 Å². The number of amides is 1. The van der Waals surface area contributed by atoms with Gasteiger partial charge in [0.05, 0.1) is 12.8 Å². The predicted molar refractivity (Wildman–Crippen MR) is 67.7 cm³/mol. The number of hydrogen-bond donors (Lipinski definition) is 0. The number of carbonyl (C=O) groups is 1. The molecule has 1 aromatic carbocycles. The smallest absolute Gasteiger partial charge is 0.228 e. The number of ether oxygens (including phenoxy) is 1. The van der Waals surface area contributed by atoms with Gasteiger partial charge >= 0.3 is 0 Å². The maximum atomic E-state index is 11.8. The first-order chi connectivity index (χ1) is 7.61. The Kier molecular flexibility index (Phi) is 3.40. The molecule has 1 fully saturated rings. The van der Waals surface area contributed by atoms with Crippen LogP contribution < -0.4 is 9.64 Å². The maximum Gasteiger partial charge on any atom is 0.228 e. The normalized spacial score (nSPS) is 20.3. The van der Waals surface area contributed by atoms with Crippen LogP contribution >= 0.6 is 27.5 Å². The fraction of sp³-hybridized carbons (Fsp3) is 0.364. The molecule has 2 rings (SSSR count). The molecule has 1 aliphatic rings. The van der Waals surface area contributed by atoms with Gasteiger partial charge in [0.1, 0.15) is 5.75 Å². The monoisotopic (exact) mass is 303 g/mol. The maximum absolute atomic E-state index is 11.8. The molecule has 1 amide bonds. The first-order valence-electron chi connectivity index (χ1n) is 4.90. The molecule has 1 atom stereocenters. The Balaban J connectivity index is 2.39. The molecule has 0 radical (unpaired) electrons. The van der Waals surface area contributed by atoms with Crippen molar-refractivity contribution in [2.24, 2.45) is 0 Å². The van der Waals surface area contributed by atoms with Crippen LogP contribution in [0.3, 0.4) is 0 Å². The lowest BCUT2D eigenvalue weighted by Gasteiger charge is -2.19. The molecule has 0 bridgehead atoms. The molecular formula is C11H11BrClNO2. The van der Waals surface area contributed by atoms with Crippen molar-refractivity contribution < 1.29 is 9.53 Å². The van der Waals surface area contributed by atoms with E-state index in [-0.39, 0.29) is 10.7 Å². The number of rotatable bonds is 2. The number of halogens is 2. The van der Waals surface area contributed by atoms with Gasteiger partial charge in [0, 0.05) is 22.8 Å². The molecular weight excluding hydrogens is 293 g/mol. The minimum Gasteiger partial charge on any atom is -0.495 e. The largest absolute Gasteiger partial charge is 0.495 e. The van der Waals surface area contributed by atoms with E-state index in [0.29, 0.717) is 23.7 Å². The lowest BCUT2D eigenvalue weighted by molar-refractivity contribution is -0.117. The van der Waals surface area contributed by atoms with Crippen molar-refractivity contribution in [2.45, 2.75) is 11.2 Å². The first-order valence-corrected chi connectivity index (χ1v) is 6.19. The van der Waals surface area contributed by atoms with Gasteiger partial charge in [0.2, 0.25) is 5.91 Å². The Bertz CT molecular complexity index is 424. The molecule has 16 heavy (non-hydrogen) atoms. The van der Waals surface area contributed by atoms with Gasteiger partial charge in [-0.25, -0.2) is 0 Å². The Morgan fingerprint density at radius 2 is 2.31 bits per heavy atom. The highest BCUT2D eigenvalue weighted by Crippen LogP contribution is 2.34. The highest BCUT2D eigenvalue weighted by molar-refractivity contribution is 9.09. The summed E-state index contributed by atoms with van der Waals surface area (Å²) in [4.78, 5) is 13.7. The van der Waals surface area contributed by atoms with Crippen molar-refractivity contribution in [3.63, 3.8) is 0 Å². The van der Waals surface area contributed by atoms with E-state index >= 15 is 0 Å². The lowest BCUT2D eigenvalue weighted by atomic mass is 10.2. The molecule has 1 saturated heterocycles. The van der Waals surface area contributed by atoms with Crippen LogP contribution in [0.2, 0.25) is 5.02 Å². The molecule has 1 aliphatic heterocycles. The lowest BCUT2D eigenvalue weighted by Crippen LogP contribution is -2.25. The summed E-state index contributed by atoms with van der Waals surface area (Å²) < 4.78 is 5.23. The Hall–Kier alpha value is -0.740. The number of hydrogen-bond acceptors (Lipinski definition) is 2. The zero-order chi connectivity index (χ0) is 11.7. The predicted octanol–water partition coefficient (Wildman–Crippen LogP) is 2.85. The number of nitrogens with zero attached hydrogens (tertiary/aromatic N) is 1. The third kappa shape index (κ3) is 2.18. The van der Waals surface area contributed by atoms with Crippen LogP contribution in [0.4, 0.5) is 5.69 Å². The average molecular weight is 305 g/mol. The molecule has 1 aromatic rings. The molecule has 1 heterocycles. The van der Waals surface area contributed by atoms with E-state index in [1.54, 1.807) is 30.2 Å². The van der Waals surface area contributed by atoms with E-state index in [2.05, 4.69) is 15.9 Å². The van der Waals surface area contributed by atoms with Crippen molar-refractivity contribution in [3.05, 3.63) is 23.2 Å². The summed E-state index contributed by atoms with van der Waals surface area (Å²) in [6.07, 6.45) is 0.510. The number of methoxy groups -OCH3 is 1. The molecule has 0 saturated carbocycles. The van der Waals surface area contributed by atoms with Gasteiger partial charge in [-0.05, 0) is 18.2 Å². The van der Waals surface area contributed by atoms with Crippen molar-refractivity contribution in [3.8, 4) is 5.75 Å². The number of carbonyl (C=O) groups excluding carboxylic acids is 1. The van der Waals surface area contributed by atoms with Crippen LogP contribution in [0.15, 0.2) is 18.2 Å². The first kappa shape index (κ1) is 11.7. The molecule has 0 N–H and O–H groups in total. The topological polar surface area (TPSA) is 29.5 Å². The Morgan fingerprint density at radius 1 is 1.56 bits per heavy atom. The molecule has 5 heteroatoms. The van der Waals surface area contributed by atoms with Gasteiger partial charge in [-0.2, -0.15) is 0 Å².